The molecule has 0 aliphatic carbocycles. The quantitative estimate of drug-likeness (QED) is 0.754. The molecule has 4 heteroatoms. The van der Waals surface area contributed by atoms with E-state index < -0.39 is 0 Å². The van der Waals surface area contributed by atoms with E-state index in [1.54, 1.807) is 12.7 Å². The molecule has 0 radical (unpaired) electrons. The number of hydrogen-bond donors (Lipinski definition) is 1. The molecule has 4 nitrogen and oxygen atoms in total. The van der Waals surface area contributed by atoms with Crippen LogP contribution < -0.4 is 5.32 Å². The van der Waals surface area contributed by atoms with Gasteiger partial charge >= 0.3 is 0 Å². The fourth-order valence-electron chi connectivity index (χ4n) is 2.66. The molecule has 1 heterocycles. The minimum atomic E-state index is 0.234. The normalized spacial score (nSPS) is 12.6. The monoisotopic (exact) mass is 280 g/mol. The van der Waals surface area contributed by atoms with Crippen molar-refractivity contribution in [3.05, 3.63) is 60.7 Å². The molecule has 3 rings (SSSR count). The molecular formula is C17H20N4. The Morgan fingerprint density at radius 2 is 2.00 bits per heavy atom. The molecule has 0 saturated heterocycles. The van der Waals surface area contributed by atoms with Gasteiger partial charge in [0.2, 0.25) is 0 Å². The second-order valence-electron chi connectivity index (χ2n) is 5.19. The van der Waals surface area contributed by atoms with E-state index in [1.807, 2.05) is 4.68 Å². The van der Waals surface area contributed by atoms with Crippen LogP contribution in [0.25, 0.3) is 10.8 Å². The van der Waals surface area contributed by atoms with Crippen molar-refractivity contribution in [1.82, 2.24) is 20.1 Å². The Bertz CT molecular complexity index is 686. The standard InChI is InChI=1S/C17H20N4/c1-2-10-19-17(11-21-13-18-12-20-21)16-9-5-7-14-6-3-4-8-15(14)16/h3-9,12-13,17,19H,2,10-11H2,1H3. The van der Waals surface area contributed by atoms with Gasteiger partial charge in [-0.05, 0) is 29.3 Å². The highest BCUT2D eigenvalue weighted by Gasteiger charge is 2.14. The first-order valence-corrected chi connectivity index (χ1v) is 7.42. The smallest absolute Gasteiger partial charge is 0.137 e. The van der Waals surface area contributed by atoms with Gasteiger partial charge in [0.25, 0.3) is 0 Å². The van der Waals surface area contributed by atoms with Crippen LogP contribution in [0.5, 0.6) is 0 Å². The summed E-state index contributed by atoms with van der Waals surface area (Å²) in [6, 6.07) is 15.2. The number of benzene rings is 2. The van der Waals surface area contributed by atoms with Gasteiger partial charge in [0.1, 0.15) is 12.7 Å². The summed E-state index contributed by atoms with van der Waals surface area (Å²) in [7, 11) is 0. The molecule has 0 fully saturated rings. The van der Waals surface area contributed by atoms with Crippen LogP contribution in [0.1, 0.15) is 24.9 Å². The van der Waals surface area contributed by atoms with Crippen molar-refractivity contribution in [3.8, 4) is 0 Å². The van der Waals surface area contributed by atoms with Crippen molar-refractivity contribution < 1.29 is 0 Å². The summed E-state index contributed by atoms with van der Waals surface area (Å²) in [4.78, 5) is 4.04. The number of hydrogen-bond acceptors (Lipinski definition) is 3. The molecular weight excluding hydrogens is 260 g/mol. The fraction of sp³-hybridized carbons (Fsp3) is 0.294. The summed E-state index contributed by atoms with van der Waals surface area (Å²) in [6.07, 6.45) is 4.46. The number of aromatic nitrogens is 3. The van der Waals surface area contributed by atoms with Crippen molar-refractivity contribution in [1.29, 1.82) is 0 Å². The molecule has 21 heavy (non-hydrogen) atoms. The third-order valence-electron chi connectivity index (χ3n) is 3.68. The van der Waals surface area contributed by atoms with E-state index in [0.717, 1.165) is 19.5 Å². The molecule has 108 valence electrons. The summed E-state index contributed by atoms with van der Waals surface area (Å²) >= 11 is 0. The first-order valence-electron chi connectivity index (χ1n) is 7.42. The SMILES string of the molecule is CCCNC(Cn1cncn1)c1cccc2ccccc12. The van der Waals surface area contributed by atoms with Crippen molar-refractivity contribution in [2.24, 2.45) is 0 Å². The molecule has 1 atom stereocenters. The molecule has 1 aromatic heterocycles. The second-order valence-corrected chi connectivity index (χ2v) is 5.19. The van der Waals surface area contributed by atoms with Crippen molar-refractivity contribution >= 4 is 10.8 Å². The lowest BCUT2D eigenvalue weighted by Gasteiger charge is -2.20. The van der Waals surface area contributed by atoms with Gasteiger partial charge in [-0.15, -0.1) is 0 Å². The molecule has 3 aromatic rings. The van der Waals surface area contributed by atoms with Gasteiger partial charge in [-0.25, -0.2) is 4.98 Å². The average Bonchev–Trinajstić information content (AvgIpc) is 3.04. The molecule has 0 spiro atoms. The van der Waals surface area contributed by atoms with Crippen molar-refractivity contribution in [2.75, 3.05) is 6.54 Å². The third kappa shape index (κ3) is 3.11. The molecule has 1 unspecified atom stereocenters. The van der Waals surface area contributed by atoms with Crippen LogP contribution >= 0.6 is 0 Å². The summed E-state index contributed by atoms with van der Waals surface area (Å²) in [6.45, 7) is 3.96. The first-order chi connectivity index (χ1) is 10.4. The lowest BCUT2D eigenvalue weighted by atomic mass is 9.98. The highest BCUT2D eigenvalue weighted by Crippen LogP contribution is 2.25. The highest BCUT2D eigenvalue weighted by molar-refractivity contribution is 5.86. The van der Waals surface area contributed by atoms with Gasteiger partial charge < -0.3 is 5.32 Å². The molecule has 0 amide bonds. The van der Waals surface area contributed by atoms with Crippen LogP contribution in [-0.4, -0.2) is 21.3 Å². The third-order valence-corrected chi connectivity index (χ3v) is 3.68. The van der Waals surface area contributed by atoms with Crippen LogP contribution in [0.4, 0.5) is 0 Å². The summed E-state index contributed by atoms with van der Waals surface area (Å²) in [5.41, 5.74) is 1.32. The van der Waals surface area contributed by atoms with E-state index in [2.05, 4.69) is 64.8 Å². The Morgan fingerprint density at radius 3 is 2.81 bits per heavy atom. The Morgan fingerprint density at radius 1 is 1.14 bits per heavy atom. The molecule has 1 N–H and O–H groups in total. The minimum Gasteiger partial charge on any atom is -0.308 e. The maximum absolute atomic E-state index is 4.24. The van der Waals surface area contributed by atoms with Crippen molar-refractivity contribution in [3.63, 3.8) is 0 Å². The van der Waals surface area contributed by atoms with E-state index in [4.69, 9.17) is 0 Å². The minimum absolute atomic E-state index is 0.234. The van der Waals surface area contributed by atoms with Crippen LogP contribution in [0, 0.1) is 0 Å². The summed E-state index contributed by atoms with van der Waals surface area (Å²) < 4.78 is 1.88. The lowest BCUT2D eigenvalue weighted by molar-refractivity contribution is 0.440. The Kier molecular flexibility index (Phi) is 4.26. The highest BCUT2D eigenvalue weighted by atomic mass is 15.3. The zero-order valence-corrected chi connectivity index (χ0v) is 12.2. The maximum atomic E-state index is 4.24. The van der Waals surface area contributed by atoms with Crippen LogP contribution in [0.15, 0.2) is 55.1 Å². The first kappa shape index (κ1) is 13.8. The number of nitrogens with zero attached hydrogens (tertiary/aromatic N) is 3. The van der Waals surface area contributed by atoms with E-state index in [9.17, 15) is 0 Å². The van der Waals surface area contributed by atoms with Gasteiger partial charge in [-0.2, -0.15) is 5.10 Å². The maximum Gasteiger partial charge on any atom is 0.137 e. The Labute approximate surface area is 124 Å². The molecule has 0 bridgehead atoms. The number of nitrogens with one attached hydrogen (secondary N) is 1. The van der Waals surface area contributed by atoms with Gasteiger partial charge in [0.15, 0.2) is 0 Å². The molecule has 0 aliphatic heterocycles. The van der Waals surface area contributed by atoms with E-state index in [0.29, 0.717) is 0 Å². The molecule has 0 aliphatic rings. The summed E-state index contributed by atoms with van der Waals surface area (Å²) in [5.74, 6) is 0. The van der Waals surface area contributed by atoms with Gasteiger partial charge in [-0.3, -0.25) is 4.68 Å². The fourth-order valence-corrected chi connectivity index (χ4v) is 2.66. The van der Waals surface area contributed by atoms with Gasteiger partial charge in [-0.1, -0.05) is 49.4 Å². The Balaban J connectivity index is 1.97. The van der Waals surface area contributed by atoms with Gasteiger partial charge in [0.05, 0.1) is 12.6 Å². The van der Waals surface area contributed by atoms with Crippen LogP contribution in [-0.2, 0) is 6.54 Å². The second kappa shape index (κ2) is 6.50. The zero-order valence-electron chi connectivity index (χ0n) is 12.2. The van der Waals surface area contributed by atoms with E-state index >= 15 is 0 Å². The van der Waals surface area contributed by atoms with Crippen LogP contribution in [0.2, 0.25) is 0 Å². The topological polar surface area (TPSA) is 42.7 Å². The van der Waals surface area contributed by atoms with E-state index in [1.165, 1.54) is 16.3 Å². The summed E-state index contributed by atoms with van der Waals surface area (Å²) in [5, 5.41) is 10.4. The van der Waals surface area contributed by atoms with Crippen molar-refractivity contribution in [2.45, 2.75) is 25.9 Å². The molecule has 0 saturated carbocycles. The molecule has 2 aromatic carbocycles. The zero-order chi connectivity index (χ0) is 14.5. The Hall–Kier alpha value is -2.20. The predicted octanol–water partition coefficient (Wildman–Crippen LogP) is 3.17. The largest absolute Gasteiger partial charge is 0.308 e. The van der Waals surface area contributed by atoms with Crippen LogP contribution in [0.3, 0.4) is 0 Å². The number of rotatable bonds is 6. The lowest BCUT2D eigenvalue weighted by Crippen LogP contribution is -2.26. The number of fused-ring (bicyclic) bond motifs is 1. The predicted molar refractivity (Wildman–Crippen MR) is 85.0 cm³/mol. The average molecular weight is 280 g/mol. The van der Waals surface area contributed by atoms with E-state index in [-0.39, 0.29) is 6.04 Å². The van der Waals surface area contributed by atoms with Gasteiger partial charge in [0, 0.05) is 0 Å².